The van der Waals surface area contributed by atoms with E-state index in [4.69, 9.17) is 16.3 Å². The van der Waals surface area contributed by atoms with Crippen molar-refractivity contribution in [3.63, 3.8) is 0 Å². The van der Waals surface area contributed by atoms with Gasteiger partial charge in [0.2, 0.25) is 5.91 Å². The van der Waals surface area contributed by atoms with Crippen molar-refractivity contribution in [2.75, 3.05) is 13.1 Å². The minimum Gasteiger partial charge on any atom is -0.489 e. The summed E-state index contributed by atoms with van der Waals surface area (Å²) in [5.74, 6) is 0.765. The van der Waals surface area contributed by atoms with Gasteiger partial charge in [-0.1, -0.05) is 16.8 Å². The number of carbonyl (C=O) groups excluding carboxylic acids is 1. The van der Waals surface area contributed by atoms with E-state index >= 15 is 0 Å². The lowest BCUT2D eigenvalue weighted by molar-refractivity contribution is -0.132. The summed E-state index contributed by atoms with van der Waals surface area (Å²) in [7, 11) is 1.79. The highest BCUT2D eigenvalue weighted by atomic mass is 35.5. The molecule has 3 heterocycles. The van der Waals surface area contributed by atoms with Gasteiger partial charge >= 0.3 is 0 Å². The van der Waals surface area contributed by atoms with Gasteiger partial charge in [0.05, 0.1) is 29.5 Å². The predicted molar refractivity (Wildman–Crippen MR) is 84.2 cm³/mol. The summed E-state index contributed by atoms with van der Waals surface area (Å²) >= 11 is 5.90. The topological polar surface area (TPSA) is 73.1 Å². The normalized spacial score (nSPS) is 15.7. The van der Waals surface area contributed by atoms with Gasteiger partial charge in [-0.2, -0.15) is 0 Å². The molecule has 0 saturated carbocycles. The molecule has 1 aliphatic heterocycles. The highest BCUT2D eigenvalue weighted by molar-refractivity contribution is 6.30. The number of aromatic nitrogens is 4. The number of likely N-dealkylation sites (tertiary alicyclic amines) is 1. The Kier molecular flexibility index (Phi) is 4.76. The summed E-state index contributed by atoms with van der Waals surface area (Å²) in [6.45, 7) is 1.37. The van der Waals surface area contributed by atoms with Crippen LogP contribution in [0.25, 0.3) is 0 Å². The minimum atomic E-state index is 0.0812. The Balaban J connectivity index is 1.50. The van der Waals surface area contributed by atoms with Crippen LogP contribution in [0.4, 0.5) is 0 Å². The van der Waals surface area contributed by atoms with Crippen LogP contribution >= 0.6 is 11.6 Å². The van der Waals surface area contributed by atoms with E-state index in [9.17, 15) is 4.79 Å². The van der Waals surface area contributed by atoms with Crippen LogP contribution in [-0.4, -0.2) is 50.0 Å². The fourth-order valence-electron chi connectivity index (χ4n) is 2.61. The van der Waals surface area contributed by atoms with Crippen LogP contribution < -0.4 is 4.74 Å². The summed E-state index contributed by atoms with van der Waals surface area (Å²) in [6, 6.07) is 1.75. The van der Waals surface area contributed by atoms with Gasteiger partial charge < -0.3 is 9.64 Å². The van der Waals surface area contributed by atoms with Crippen molar-refractivity contribution in [2.24, 2.45) is 7.05 Å². The number of hydrogen-bond donors (Lipinski definition) is 0. The Morgan fingerprint density at radius 1 is 1.35 bits per heavy atom. The van der Waals surface area contributed by atoms with E-state index in [0.29, 0.717) is 30.3 Å². The fourth-order valence-corrected chi connectivity index (χ4v) is 2.77. The summed E-state index contributed by atoms with van der Waals surface area (Å²) < 4.78 is 7.51. The van der Waals surface area contributed by atoms with Crippen LogP contribution in [0, 0.1) is 0 Å². The molecule has 23 heavy (non-hydrogen) atoms. The Morgan fingerprint density at radius 3 is 2.78 bits per heavy atom. The number of aryl methyl sites for hydroxylation is 1. The van der Waals surface area contributed by atoms with E-state index in [1.807, 2.05) is 4.90 Å². The van der Waals surface area contributed by atoms with Gasteiger partial charge in [-0.05, 0) is 0 Å². The third-order valence-electron chi connectivity index (χ3n) is 3.92. The highest BCUT2D eigenvalue weighted by Crippen LogP contribution is 2.21. The smallest absolute Gasteiger partial charge is 0.228 e. The molecule has 8 heteroatoms. The van der Waals surface area contributed by atoms with E-state index in [2.05, 4.69) is 15.3 Å². The third-order valence-corrected chi connectivity index (χ3v) is 4.12. The lowest BCUT2D eigenvalue weighted by atomic mass is 10.1. The molecule has 0 spiro atoms. The zero-order valence-corrected chi connectivity index (χ0v) is 13.6. The fraction of sp³-hybridized carbons (Fsp3) is 0.467. The predicted octanol–water partition coefficient (Wildman–Crippen LogP) is 1.48. The molecule has 7 nitrogen and oxygen atoms in total. The quantitative estimate of drug-likeness (QED) is 0.846. The molecule has 1 aliphatic rings. The molecule has 0 unspecified atom stereocenters. The summed E-state index contributed by atoms with van der Waals surface area (Å²) in [4.78, 5) is 18.2. The van der Waals surface area contributed by atoms with Crippen LogP contribution in [0.1, 0.15) is 18.5 Å². The monoisotopic (exact) mass is 335 g/mol. The van der Waals surface area contributed by atoms with Crippen molar-refractivity contribution < 1.29 is 9.53 Å². The second-order valence-corrected chi connectivity index (χ2v) is 6.00. The first-order valence-electron chi connectivity index (χ1n) is 7.50. The van der Waals surface area contributed by atoms with E-state index in [1.165, 1.54) is 0 Å². The van der Waals surface area contributed by atoms with Crippen LogP contribution in [0.2, 0.25) is 5.02 Å². The minimum absolute atomic E-state index is 0.0812. The van der Waals surface area contributed by atoms with E-state index in [1.54, 1.807) is 36.4 Å². The molecule has 0 atom stereocenters. The molecule has 1 saturated heterocycles. The van der Waals surface area contributed by atoms with Gasteiger partial charge in [-0.3, -0.25) is 14.5 Å². The summed E-state index contributed by atoms with van der Waals surface area (Å²) in [5, 5.41) is 8.19. The van der Waals surface area contributed by atoms with Crippen molar-refractivity contribution >= 4 is 17.5 Å². The van der Waals surface area contributed by atoms with Crippen LogP contribution in [0.15, 0.2) is 24.7 Å². The van der Waals surface area contributed by atoms with Crippen molar-refractivity contribution in [2.45, 2.75) is 25.4 Å². The highest BCUT2D eigenvalue weighted by Gasteiger charge is 2.24. The molecule has 2 aromatic rings. The average molecular weight is 336 g/mol. The lowest BCUT2D eigenvalue weighted by Crippen LogP contribution is -2.42. The zero-order chi connectivity index (χ0) is 16.2. The molecule has 0 bridgehead atoms. The maximum absolute atomic E-state index is 12.3. The van der Waals surface area contributed by atoms with Crippen molar-refractivity contribution in [1.82, 2.24) is 24.9 Å². The average Bonchev–Trinajstić information content (AvgIpc) is 2.93. The molecule has 0 N–H and O–H groups in total. The number of carbonyl (C=O) groups is 1. The maximum Gasteiger partial charge on any atom is 0.228 e. The molecule has 122 valence electrons. The molecule has 0 aliphatic carbocycles. The number of piperidine rings is 1. The zero-order valence-electron chi connectivity index (χ0n) is 12.9. The molecule has 0 aromatic carbocycles. The van der Waals surface area contributed by atoms with Gasteiger partial charge in [-0.15, -0.1) is 5.10 Å². The summed E-state index contributed by atoms with van der Waals surface area (Å²) in [5.41, 5.74) is 0.818. The van der Waals surface area contributed by atoms with Gasteiger partial charge in [0.1, 0.15) is 11.9 Å². The molecule has 2 aromatic heterocycles. The molecule has 0 radical (unpaired) electrons. The second-order valence-electron chi connectivity index (χ2n) is 5.56. The van der Waals surface area contributed by atoms with Gasteiger partial charge in [0.25, 0.3) is 0 Å². The molecular formula is C15H18ClN5O2. The Morgan fingerprint density at radius 2 is 2.13 bits per heavy atom. The number of nitrogens with zero attached hydrogens (tertiary/aromatic N) is 5. The van der Waals surface area contributed by atoms with E-state index in [0.717, 1.165) is 18.5 Å². The second kappa shape index (κ2) is 6.95. The summed E-state index contributed by atoms with van der Waals surface area (Å²) in [6.07, 6.45) is 6.84. The van der Waals surface area contributed by atoms with E-state index < -0.39 is 0 Å². The number of rotatable bonds is 4. The molecule has 3 rings (SSSR count). The Bertz CT molecular complexity index is 682. The molecule has 1 fully saturated rings. The lowest BCUT2D eigenvalue weighted by Gasteiger charge is -2.32. The third kappa shape index (κ3) is 3.98. The molecule has 1 amide bonds. The van der Waals surface area contributed by atoms with Gasteiger partial charge in [-0.25, -0.2) is 0 Å². The van der Waals surface area contributed by atoms with Crippen molar-refractivity contribution in [1.29, 1.82) is 0 Å². The maximum atomic E-state index is 12.3. The first-order chi connectivity index (χ1) is 11.1. The SMILES string of the molecule is Cn1nncc1CC(=O)N1CCC(Oc2cncc(Cl)c2)CC1. The molecular weight excluding hydrogens is 318 g/mol. The number of amides is 1. The first-order valence-corrected chi connectivity index (χ1v) is 7.88. The van der Waals surface area contributed by atoms with Gasteiger partial charge in [0.15, 0.2) is 0 Å². The van der Waals surface area contributed by atoms with Crippen molar-refractivity contribution in [3.05, 3.63) is 35.4 Å². The Labute approximate surface area is 139 Å². The largest absolute Gasteiger partial charge is 0.489 e. The number of ether oxygens (including phenoxy) is 1. The number of halogens is 1. The number of pyridine rings is 1. The first kappa shape index (κ1) is 15.7. The Hall–Kier alpha value is -2.15. The van der Waals surface area contributed by atoms with Crippen LogP contribution in [-0.2, 0) is 18.3 Å². The van der Waals surface area contributed by atoms with Crippen LogP contribution in [0.5, 0.6) is 5.75 Å². The van der Waals surface area contributed by atoms with Crippen molar-refractivity contribution in [3.8, 4) is 5.75 Å². The van der Waals surface area contributed by atoms with Crippen LogP contribution in [0.3, 0.4) is 0 Å². The van der Waals surface area contributed by atoms with E-state index in [-0.39, 0.29) is 12.0 Å². The number of hydrogen-bond acceptors (Lipinski definition) is 5. The van der Waals surface area contributed by atoms with Gasteiger partial charge in [0, 0.05) is 45.2 Å². The standard InChI is InChI=1S/C15H18ClN5O2/c1-20-12(9-18-19-20)7-15(22)21-4-2-13(3-5-21)23-14-6-11(16)8-17-10-14/h6,8-10,13H,2-5,7H2,1H3.